The molecule has 11 nitrogen and oxygen atoms in total. The SMILES string of the molecule is CSCCC(NC(=O)C(Cc1c[nH]c2ccccc12)NC(=O)C(NC(=O)C(N)CC(C)C)C(C)O)C(=O)O. The van der Waals surface area contributed by atoms with Crippen molar-refractivity contribution in [3.8, 4) is 0 Å². The lowest BCUT2D eigenvalue weighted by atomic mass is 10.0. The number of H-pyrrole nitrogens is 1. The van der Waals surface area contributed by atoms with E-state index in [2.05, 4.69) is 20.9 Å². The van der Waals surface area contributed by atoms with Gasteiger partial charge in [-0.15, -0.1) is 0 Å². The van der Waals surface area contributed by atoms with Crippen LogP contribution in [0.4, 0.5) is 0 Å². The second-order valence-electron chi connectivity index (χ2n) is 9.77. The van der Waals surface area contributed by atoms with Crippen LogP contribution in [0.2, 0.25) is 0 Å². The smallest absolute Gasteiger partial charge is 0.326 e. The topological polar surface area (TPSA) is 187 Å². The number of aliphatic hydroxyl groups excluding tert-OH is 1. The second-order valence-corrected chi connectivity index (χ2v) is 10.8. The van der Waals surface area contributed by atoms with Gasteiger partial charge in [0, 0.05) is 23.5 Å². The molecule has 0 fully saturated rings. The summed E-state index contributed by atoms with van der Waals surface area (Å²) >= 11 is 1.45. The molecular weight excluding hydrogens is 510 g/mol. The van der Waals surface area contributed by atoms with Gasteiger partial charge in [0.2, 0.25) is 17.7 Å². The molecule has 8 N–H and O–H groups in total. The number of fused-ring (bicyclic) bond motifs is 1. The van der Waals surface area contributed by atoms with Crippen molar-refractivity contribution in [1.29, 1.82) is 0 Å². The minimum atomic E-state index is -1.37. The van der Waals surface area contributed by atoms with E-state index < -0.39 is 54.0 Å². The maximum absolute atomic E-state index is 13.3. The third-order valence-corrected chi connectivity index (χ3v) is 6.73. The highest BCUT2D eigenvalue weighted by molar-refractivity contribution is 7.98. The summed E-state index contributed by atoms with van der Waals surface area (Å²) < 4.78 is 0. The average molecular weight is 550 g/mol. The van der Waals surface area contributed by atoms with Gasteiger partial charge in [-0.05, 0) is 49.3 Å². The molecule has 0 saturated carbocycles. The van der Waals surface area contributed by atoms with Gasteiger partial charge in [-0.2, -0.15) is 11.8 Å². The van der Waals surface area contributed by atoms with Crippen LogP contribution in [0.25, 0.3) is 10.9 Å². The number of aromatic amines is 1. The third-order valence-electron chi connectivity index (χ3n) is 6.08. The molecule has 2 rings (SSSR count). The van der Waals surface area contributed by atoms with Crippen LogP contribution in [0.3, 0.4) is 0 Å². The molecule has 0 spiro atoms. The van der Waals surface area contributed by atoms with Gasteiger partial charge < -0.3 is 36.9 Å². The van der Waals surface area contributed by atoms with Crippen LogP contribution >= 0.6 is 11.8 Å². The van der Waals surface area contributed by atoms with Gasteiger partial charge in [0.05, 0.1) is 12.1 Å². The lowest BCUT2D eigenvalue weighted by Crippen LogP contribution is -2.60. The van der Waals surface area contributed by atoms with Crippen molar-refractivity contribution in [2.75, 3.05) is 12.0 Å². The number of aromatic nitrogens is 1. The number of thioether (sulfide) groups is 1. The van der Waals surface area contributed by atoms with Crippen molar-refractivity contribution >= 4 is 46.4 Å². The Labute approximate surface area is 226 Å². The molecule has 0 radical (unpaired) electrons. The first kappa shape index (κ1) is 31.1. The molecule has 210 valence electrons. The molecule has 38 heavy (non-hydrogen) atoms. The summed E-state index contributed by atoms with van der Waals surface area (Å²) in [5.74, 6) is -2.60. The van der Waals surface area contributed by atoms with Crippen molar-refractivity contribution in [2.45, 2.75) is 70.3 Å². The van der Waals surface area contributed by atoms with Crippen LogP contribution < -0.4 is 21.7 Å². The van der Waals surface area contributed by atoms with Crippen LogP contribution in [0, 0.1) is 5.92 Å². The molecule has 1 heterocycles. The van der Waals surface area contributed by atoms with E-state index in [1.165, 1.54) is 18.7 Å². The minimum Gasteiger partial charge on any atom is -0.480 e. The third kappa shape index (κ3) is 9.03. The molecular formula is C26H39N5O6S. The summed E-state index contributed by atoms with van der Waals surface area (Å²) in [6.45, 7) is 5.16. The summed E-state index contributed by atoms with van der Waals surface area (Å²) in [6, 6.07) is 2.87. The molecule has 12 heteroatoms. The number of hydrogen-bond donors (Lipinski definition) is 7. The maximum atomic E-state index is 13.3. The molecule has 1 aromatic carbocycles. The van der Waals surface area contributed by atoms with E-state index in [1.807, 2.05) is 44.4 Å². The van der Waals surface area contributed by atoms with Gasteiger partial charge in [-0.3, -0.25) is 14.4 Å². The molecule has 3 amide bonds. The van der Waals surface area contributed by atoms with Crippen molar-refractivity contribution in [1.82, 2.24) is 20.9 Å². The number of benzene rings is 1. The fourth-order valence-corrected chi connectivity index (χ4v) is 4.51. The standard InChI is InChI=1S/C26H39N5O6S/c1-14(2)11-18(27)23(33)31-22(15(3)32)25(35)30-21(24(34)29-20(26(36)37)9-10-38-4)12-16-13-28-19-8-6-5-7-17(16)19/h5-8,13-15,18,20-22,28,32H,9-12,27H2,1-4H3,(H,29,34)(H,30,35)(H,31,33)(H,36,37). The predicted octanol–water partition coefficient (Wildman–Crippen LogP) is 0.757. The molecule has 2 aromatic rings. The number of carboxylic acid groups (broad SMARTS) is 1. The van der Waals surface area contributed by atoms with E-state index in [0.29, 0.717) is 12.2 Å². The highest BCUT2D eigenvalue weighted by Crippen LogP contribution is 2.19. The first-order valence-electron chi connectivity index (χ1n) is 12.6. The number of rotatable bonds is 15. The Morgan fingerprint density at radius 1 is 1.00 bits per heavy atom. The second kappa shape index (κ2) is 14.7. The molecule has 0 saturated heterocycles. The van der Waals surface area contributed by atoms with Crippen LogP contribution in [0.5, 0.6) is 0 Å². The van der Waals surface area contributed by atoms with E-state index in [4.69, 9.17) is 5.73 Å². The van der Waals surface area contributed by atoms with Gasteiger partial charge in [-0.1, -0.05) is 32.0 Å². The largest absolute Gasteiger partial charge is 0.480 e. The Morgan fingerprint density at radius 3 is 2.26 bits per heavy atom. The van der Waals surface area contributed by atoms with Gasteiger partial charge >= 0.3 is 5.97 Å². The first-order valence-corrected chi connectivity index (χ1v) is 13.9. The molecule has 0 aliphatic carbocycles. The molecule has 5 unspecified atom stereocenters. The highest BCUT2D eigenvalue weighted by Gasteiger charge is 2.33. The Morgan fingerprint density at radius 2 is 1.66 bits per heavy atom. The monoisotopic (exact) mass is 549 g/mol. The van der Waals surface area contributed by atoms with E-state index in [-0.39, 0.29) is 18.8 Å². The summed E-state index contributed by atoms with van der Waals surface area (Å²) in [5.41, 5.74) is 7.50. The number of carboxylic acids is 1. The zero-order valence-corrected chi connectivity index (χ0v) is 23.0. The van der Waals surface area contributed by atoms with E-state index >= 15 is 0 Å². The van der Waals surface area contributed by atoms with Crippen molar-refractivity contribution in [3.05, 3.63) is 36.0 Å². The van der Waals surface area contributed by atoms with Crippen LogP contribution in [-0.4, -0.2) is 81.2 Å². The summed E-state index contributed by atoms with van der Waals surface area (Å²) in [6.07, 6.45) is 2.91. The van der Waals surface area contributed by atoms with Crippen LogP contribution in [0.1, 0.15) is 39.2 Å². The Bertz CT molecular complexity index is 1100. The molecule has 1 aromatic heterocycles. The van der Waals surface area contributed by atoms with Gasteiger partial charge in [0.1, 0.15) is 18.1 Å². The minimum absolute atomic E-state index is 0.0454. The van der Waals surface area contributed by atoms with E-state index in [9.17, 15) is 29.4 Å². The number of aliphatic hydroxyl groups is 1. The number of amides is 3. The van der Waals surface area contributed by atoms with Crippen LogP contribution in [0.15, 0.2) is 30.5 Å². The van der Waals surface area contributed by atoms with Crippen molar-refractivity contribution in [2.24, 2.45) is 11.7 Å². The first-order chi connectivity index (χ1) is 17.9. The Balaban J connectivity index is 2.29. The number of nitrogens with two attached hydrogens (primary N) is 1. The number of carbonyl (C=O) groups is 4. The molecule has 0 aliphatic heterocycles. The zero-order chi connectivity index (χ0) is 28.4. The lowest BCUT2D eigenvalue weighted by molar-refractivity contribution is -0.142. The Kier molecular flexibility index (Phi) is 12.1. The highest BCUT2D eigenvalue weighted by atomic mass is 32.2. The average Bonchev–Trinajstić information content (AvgIpc) is 3.26. The fourth-order valence-electron chi connectivity index (χ4n) is 4.04. The van der Waals surface area contributed by atoms with Gasteiger partial charge in [0.25, 0.3) is 0 Å². The number of hydrogen-bond acceptors (Lipinski definition) is 7. The number of para-hydroxylation sites is 1. The molecule has 5 atom stereocenters. The maximum Gasteiger partial charge on any atom is 0.326 e. The fraction of sp³-hybridized carbons (Fsp3) is 0.538. The summed E-state index contributed by atoms with van der Waals surface area (Å²) in [4.78, 5) is 53.9. The van der Waals surface area contributed by atoms with E-state index in [1.54, 1.807) is 6.20 Å². The summed E-state index contributed by atoms with van der Waals surface area (Å²) in [5, 5.41) is 28.3. The summed E-state index contributed by atoms with van der Waals surface area (Å²) in [7, 11) is 0. The van der Waals surface area contributed by atoms with Gasteiger partial charge in [-0.25, -0.2) is 4.79 Å². The van der Waals surface area contributed by atoms with Crippen LogP contribution in [-0.2, 0) is 25.6 Å². The van der Waals surface area contributed by atoms with Crippen molar-refractivity contribution < 1.29 is 29.4 Å². The number of nitrogens with one attached hydrogen (secondary N) is 4. The molecule has 0 aliphatic rings. The molecule has 0 bridgehead atoms. The lowest BCUT2D eigenvalue weighted by Gasteiger charge is -2.26. The predicted molar refractivity (Wildman–Crippen MR) is 148 cm³/mol. The Hall–Kier alpha value is -3.09. The number of carbonyl (C=O) groups excluding carboxylic acids is 3. The van der Waals surface area contributed by atoms with Gasteiger partial charge in [0.15, 0.2) is 0 Å². The van der Waals surface area contributed by atoms with Crippen molar-refractivity contribution in [3.63, 3.8) is 0 Å². The zero-order valence-electron chi connectivity index (χ0n) is 22.2. The number of aliphatic carboxylic acids is 1. The van der Waals surface area contributed by atoms with E-state index in [0.717, 1.165) is 16.5 Å². The normalized spacial score (nSPS) is 15.3. The quantitative estimate of drug-likeness (QED) is 0.170.